The summed E-state index contributed by atoms with van der Waals surface area (Å²) >= 11 is 0. The van der Waals surface area contributed by atoms with Crippen LogP contribution in [-0.4, -0.2) is 43.4 Å². The SMILES string of the molecule is COC(=O)C1CCCN1S(=O)(=O)c1ccc(C#N)nc1. The minimum Gasteiger partial charge on any atom is -0.468 e. The molecule has 0 N–H and O–H groups in total. The van der Waals surface area contributed by atoms with Gasteiger partial charge in [0.2, 0.25) is 10.0 Å². The molecule has 7 nitrogen and oxygen atoms in total. The Labute approximate surface area is 116 Å². The lowest BCUT2D eigenvalue weighted by atomic mass is 10.2. The summed E-state index contributed by atoms with van der Waals surface area (Å²) in [6, 6.07) is 3.67. The third-order valence-electron chi connectivity index (χ3n) is 3.13. The van der Waals surface area contributed by atoms with Gasteiger partial charge >= 0.3 is 5.97 Å². The molecule has 1 aromatic rings. The largest absolute Gasteiger partial charge is 0.468 e. The normalized spacial score (nSPS) is 19.5. The summed E-state index contributed by atoms with van der Waals surface area (Å²) in [5.74, 6) is -0.562. The fraction of sp³-hybridized carbons (Fsp3) is 0.417. The predicted molar refractivity (Wildman–Crippen MR) is 67.9 cm³/mol. The highest BCUT2D eigenvalue weighted by atomic mass is 32.2. The summed E-state index contributed by atoms with van der Waals surface area (Å²) in [6.45, 7) is 0.266. The van der Waals surface area contributed by atoms with E-state index in [1.54, 1.807) is 0 Å². The van der Waals surface area contributed by atoms with E-state index in [0.29, 0.717) is 12.8 Å². The number of carbonyl (C=O) groups excluding carboxylic acids is 1. The van der Waals surface area contributed by atoms with Gasteiger partial charge in [-0.25, -0.2) is 13.4 Å². The number of hydrogen-bond donors (Lipinski definition) is 0. The summed E-state index contributed by atoms with van der Waals surface area (Å²) in [6.07, 6.45) is 2.17. The van der Waals surface area contributed by atoms with E-state index < -0.39 is 22.0 Å². The summed E-state index contributed by atoms with van der Waals surface area (Å²) in [5, 5.41) is 8.66. The number of carbonyl (C=O) groups is 1. The standard InChI is InChI=1S/C12H13N3O4S/c1-19-12(16)11-3-2-6-15(11)20(17,18)10-5-4-9(7-13)14-8-10/h4-5,8,11H,2-3,6H2,1H3. The number of hydrogen-bond acceptors (Lipinski definition) is 6. The maximum Gasteiger partial charge on any atom is 0.324 e. The quantitative estimate of drug-likeness (QED) is 0.742. The fourth-order valence-corrected chi connectivity index (χ4v) is 3.73. The molecule has 1 unspecified atom stereocenters. The number of methoxy groups -OCH3 is 1. The van der Waals surface area contributed by atoms with Crippen LogP contribution < -0.4 is 0 Å². The Kier molecular flexibility index (Phi) is 4.01. The van der Waals surface area contributed by atoms with Crippen molar-refractivity contribution in [2.75, 3.05) is 13.7 Å². The number of ether oxygens (including phenoxy) is 1. The number of nitrogens with zero attached hydrogens (tertiary/aromatic N) is 3. The molecule has 0 spiro atoms. The highest BCUT2D eigenvalue weighted by molar-refractivity contribution is 7.89. The van der Waals surface area contributed by atoms with Crippen LogP contribution in [0.1, 0.15) is 18.5 Å². The molecule has 8 heteroatoms. The number of rotatable bonds is 3. The van der Waals surface area contributed by atoms with E-state index in [1.807, 2.05) is 6.07 Å². The van der Waals surface area contributed by atoms with Crippen LogP contribution in [0.2, 0.25) is 0 Å². The van der Waals surface area contributed by atoms with Crippen LogP contribution in [0.15, 0.2) is 23.2 Å². The summed E-state index contributed by atoms with van der Waals surface area (Å²) in [7, 11) is -2.58. The lowest BCUT2D eigenvalue weighted by Gasteiger charge is -2.21. The second kappa shape index (κ2) is 5.56. The topological polar surface area (TPSA) is 100 Å². The van der Waals surface area contributed by atoms with E-state index in [9.17, 15) is 13.2 Å². The molecule has 106 valence electrons. The van der Waals surface area contributed by atoms with Gasteiger partial charge in [0.1, 0.15) is 22.7 Å². The second-order valence-corrected chi connectivity index (χ2v) is 6.18. The molecule has 0 saturated carbocycles. The van der Waals surface area contributed by atoms with Crippen LogP contribution in [0.3, 0.4) is 0 Å². The van der Waals surface area contributed by atoms with E-state index in [0.717, 1.165) is 10.5 Å². The lowest BCUT2D eigenvalue weighted by Crippen LogP contribution is -2.41. The van der Waals surface area contributed by atoms with Crippen molar-refractivity contribution in [1.82, 2.24) is 9.29 Å². The van der Waals surface area contributed by atoms with Crippen LogP contribution in [0, 0.1) is 11.3 Å². The van der Waals surface area contributed by atoms with Crippen LogP contribution in [0.5, 0.6) is 0 Å². The molecule has 1 aromatic heterocycles. The lowest BCUT2D eigenvalue weighted by molar-refractivity contribution is -0.144. The van der Waals surface area contributed by atoms with Crippen LogP contribution >= 0.6 is 0 Å². The zero-order valence-electron chi connectivity index (χ0n) is 10.8. The number of nitriles is 1. The molecule has 1 aliphatic rings. The third kappa shape index (κ3) is 2.50. The molecule has 0 amide bonds. The van der Waals surface area contributed by atoms with E-state index in [1.165, 1.54) is 19.2 Å². The Balaban J connectivity index is 2.34. The van der Waals surface area contributed by atoms with Crippen molar-refractivity contribution in [3.63, 3.8) is 0 Å². The molecule has 1 saturated heterocycles. The number of aromatic nitrogens is 1. The van der Waals surface area contributed by atoms with E-state index >= 15 is 0 Å². The van der Waals surface area contributed by atoms with Gasteiger partial charge in [0.15, 0.2) is 0 Å². The zero-order chi connectivity index (χ0) is 14.8. The van der Waals surface area contributed by atoms with Crippen molar-refractivity contribution in [2.45, 2.75) is 23.8 Å². The van der Waals surface area contributed by atoms with Crippen molar-refractivity contribution < 1.29 is 17.9 Å². The molecule has 0 aliphatic carbocycles. The molecule has 1 aliphatic heterocycles. The zero-order valence-corrected chi connectivity index (χ0v) is 11.6. The summed E-state index contributed by atoms with van der Waals surface area (Å²) in [4.78, 5) is 15.3. The molecule has 1 fully saturated rings. The maximum atomic E-state index is 12.5. The molecular weight excluding hydrogens is 282 g/mol. The Hall–Kier alpha value is -1.98. The van der Waals surface area contributed by atoms with Crippen molar-refractivity contribution >= 4 is 16.0 Å². The van der Waals surface area contributed by atoms with Crippen LogP contribution in [-0.2, 0) is 19.6 Å². The van der Waals surface area contributed by atoms with Gasteiger partial charge in [-0.15, -0.1) is 0 Å². The van der Waals surface area contributed by atoms with Gasteiger partial charge in [-0.2, -0.15) is 9.57 Å². The first-order valence-corrected chi connectivity index (χ1v) is 7.40. The smallest absolute Gasteiger partial charge is 0.324 e. The summed E-state index contributed by atoms with van der Waals surface area (Å²) in [5.41, 5.74) is 0.134. The number of esters is 1. The Morgan fingerprint density at radius 1 is 1.55 bits per heavy atom. The number of pyridine rings is 1. The van der Waals surface area contributed by atoms with E-state index in [2.05, 4.69) is 9.72 Å². The fourth-order valence-electron chi connectivity index (χ4n) is 2.13. The summed E-state index contributed by atoms with van der Waals surface area (Å²) < 4.78 is 30.7. The van der Waals surface area contributed by atoms with Crippen molar-refractivity contribution in [2.24, 2.45) is 0 Å². The monoisotopic (exact) mass is 295 g/mol. The average molecular weight is 295 g/mol. The van der Waals surface area contributed by atoms with E-state index in [-0.39, 0.29) is 17.1 Å². The Morgan fingerprint density at radius 3 is 2.85 bits per heavy atom. The van der Waals surface area contributed by atoms with Crippen LogP contribution in [0.4, 0.5) is 0 Å². The molecule has 1 atom stereocenters. The third-order valence-corrected chi connectivity index (χ3v) is 5.03. The van der Waals surface area contributed by atoms with Crippen molar-refractivity contribution in [3.05, 3.63) is 24.0 Å². The first kappa shape index (κ1) is 14.4. The highest BCUT2D eigenvalue weighted by Gasteiger charge is 2.40. The molecule has 0 bridgehead atoms. The van der Waals surface area contributed by atoms with Gasteiger partial charge in [-0.1, -0.05) is 0 Å². The van der Waals surface area contributed by atoms with Crippen molar-refractivity contribution in [3.8, 4) is 6.07 Å². The molecule has 0 aromatic carbocycles. The average Bonchev–Trinajstić information content (AvgIpc) is 2.96. The molecule has 2 heterocycles. The first-order valence-electron chi connectivity index (χ1n) is 5.96. The Morgan fingerprint density at radius 2 is 2.30 bits per heavy atom. The van der Waals surface area contributed by atoms with Gasteiger partial charge < -0.3 is 4.74 Å². The predicted octanol–water partition coefficient (Wildman–Crippen LogP) is 0.279. The molecule has 0 radical (unpaired) electrons. The van der Waals surface area contributed by atoms with Crippen LogP contribution in [0.25, 0.3) is 0 Å². The second-order valence-electron chi connectivity index (χ2n) is 4.29. The van der Waals surface area contributed by atoms with Gasteiger partial charge in [0.25, 0.3) is 0 Å². The Bertz CT molecular complexity index is 648. The highest BCUT2D eigenvalue weighted by Crippen LogP contribution is 2.26. The minimum atomic E-state index is -3.81. The van der Waals surface area contributed by atoms with Gasteiger partial charge in [0, 0.05) is 12.7 Å². The molecule has 2 rings (SSSR count). The first-order chi connectivity index (χ1) is 9.50. The molecule has 20 heavy (non-hydrogen) atoms. The van der Waals surface area contributed by atoms with Gasteiger partial charge in [-0.05, 0) is 25.0 Å². The number of sulfonamides is 1. The minimum absolute atomic E-state index is 0.0349. The maximum absolute atomic E-state index is 12.5. The molecular formula is C12H13N3O4S. The van der Waals surface area contributed by atoms with Gasteiger partial charge in [0.05, 0.1) is 7.11 Å². The van der Waals surface area contributed by atoms with E-state index in [4.69, 9.17) is 5.26 Å². The van der Waals surface area contributed by atoms with Crippen molar-refractivity contribution in [1.29, 1.82) is 5.26 Å². The van der Waals surface area contributed by atoms with Gasteiger partial charge in [-0.3, -0.25) is 4.79 Å².